The molecule has 1 atom stereocenters. The van der Waals surface area contributed by atoms with Crippen LogP contribution in [0.4, 0.5) is 0 Å². The van der Waals surface area contributed by atoms with Crippen molar-refractivity contribution in [2.45, 2.75) is 46.2 Å². The number of nitrogens with zero attached hydrogens (tertiary/aromatic N) is 1. The summed E-state index contributed by atoms with van der Waals surface area (Å²) in [5.74, 6) is 1.76. The Kier molecular flexibility index (Phi) is 4.76. The maximum Gasteiger partial charge on any atom is 0.226 e. The van der Waals surface area contributed by atoms with Gasteiger partial charge in [-0.1, -0.05) is 6.92 Å². The molecule has 1 aliphatic rings. The monoisotopic (exact) mass is 291 g/mol. The molecule has 0 aliphatic carbocycles. The normalized spacial score (nSPS) is 18.5. The molecular formula is C17H25NO3. The maximum absolute atomic E-state index is 12.7. The Morgan fingerprint density at radius 3 is 2.24 bits per heavy atom. The average Bonchev–Trinajstić information content (AvgIpc) is 2.62. The van der Waals surface area contributed by atoms with E-state index >= 15 is 0 Å². The quantitative estimate of drug-likeness (QED) is 0.856. The van der Waals surface area contributed by atoms with Crippen LogP contribution in [-0.2, 0) is 17.8 Å². The van der Waals surface area contributed by atoms with Crippen LogP contribution in [0.5, 0.6) is 11.5 Å². The summed E-state index contributed by atoms with van der Waals surface area (Å²) in [5.41, 5.74) is 2.35. The lowest BCUT2D eigenvalue weighted by molar-refractivity contribution is -0.137. The largest absolute Gasteiger partial charge is 0.493 e. The van der Waals surface area contributed by atoms with Gasteiger partial charge in [-0.05, 0) is 49.9 Å². The molecule has 1 aromatic rings. The van der Waals surface area contributed by atoms with Crippen LogP contribution in [0.3, 0.4) is 0 Å². The minimum Gasteiger partial charge on any atom is -0.493 e. The molecular weight excluding hydrogens is 266 g/mol. The van der Waals surface area contributed by atoms with Gasteiger partial charge in [-0.3, -0.25) is 4.79 Å². The van der Waals surface area contributed by atoms with Gasteiger partial charge < -0.3 is 14.4 Å². The van der Waals surface area contributed by atoms with Crippen LogP contribution in [0.25, 0.3) is 0 Å². The Hall–Kier alpha value is -1.71. The van der Waals surface area contributed by atoms with E-state index in [1.54, 1.807) is 14.2 Å². The summed E-state index contributed by atoms with van der Waals surface area (Å²) < 4.78 is 10.8. The van der Waals surface area contributed by atoms with E-state index in [0.29, 0.717) is 6.54 Å². The second-order valence-corrected chi connectivity index (χ2v) is 5.85. The van der Waals surface area contributed by atoms with Crippen molar-refractivity contribution in [3.63, 3.8) is 0 Å². The van der Waals surface area contributed by atoms with Crippen LogP contribution in [0.1, 0.15) is 38.3 Å². The fourth-order valence-electron chi connectivity index (χ4n) is 2.91. The molecule has 0 N–H and O–H groups in total. The zero-order chi connectivity index (χ0) is 15.6. The third kappa shape index (κ3) is 2.99. The molecule has 1 unspecified atom stereocenters. The van der Waals surface area contributed by atoms with Crippen molar-refractivity contribution >= 4 is 5.91 Å². The summed E-state index contributed by atoms with van der Waals surface area (Å²) >= 11 is 0. The van der Waals surface area contributed by atoms with Gasteiger partial charge in [-0.15, -0.1) is 0 Å². The molecule has 0 saturated heterocycles. The zero-order valence-electron chi connectivity index (χ0n) is 13.6. The van der Waals surface area contributed by atoms with Gasteiger partial charge in [0.05, 0.1) is 14.2 Å². The zero-order valence-corrected chi connectivity index (χ0v) is 13.6. The number of hydrogen-bond donors (Lipinski definition) is 0. The van der Waals surface area contributed by atoms with Gasteiger partial charge in [0.2, 0.25) is 5.91 Å². The van der Waals surface area contributed by atoms with Crippen molar-refractivity contribution in [3.05, 3.63) is 23.3 Å². The Balaban J connectivity index is 2.49. The molecule has 0 radical (unpaired) electrons. The summed E-state index contributed by atoms with van der Waals surface area (Å²) in [4.78, 5) is 14.6. The van der Waals surface area contributed by atoms with Crippen molar-refractivity contribution in [3.8, 4) is 11.5 Å². The molecule has 0 fully saturated rings. The first kappa shape index (κ1) is 15.7. The first-order valence-electron chi connectivity index (χ1n) is 7.56. The van der Waals surface area contributed by atoms with E-state index in [1.165, 1.54) is 5.56 Å². The number of rotatable bonds is 4. The number of hydrogen-bond acceptors (Lipinski definition) is 3. The molecule has 0 aromatic heterocycles. The summed E-state index contributed by atoms with van der Waals surface area (Å²) in [6.45, 7) is 6.85. The van der Waals surface area contributed by atoms with Crippen molar-refractivity contribution in [2.75, 3.05) is 14.2 Å². The average molecular weight is 291 g/mol. The van der Waals surface area contributed by atoms with E-state index < -0.39 is 0 Å². The number of carbonyl (C=O) groups is 1. The van der Waals surface area contributed by atoms with E-state index in [4.69, 9.17) is 9.47 Å². The number of ether oxygens (including phenoxy) is 2. The summed E-state index contributed by atoms with van der Waals surface area (Å²) in [7, 11) is 3.28. The molecule has 21 heavy (non-hydrogen) atoms. The molecule has 4 nitrogen and oxygen atoms in total. The van der Waals surface area contributed by atoms with Gasteiger partial charge in [0, 0.05) is 18.5 Å². The first-order chi connectivity index (χ1) is 10.0. The smallest absolute Gasteiger partial charge is 0.226 e. The molecule has 0 bridgehead atoms. The second kappa shape index (κ2) is 6.37. The van der Waals surface area contributed by atoms with Crippen LogP contribution < -0.4 is 9.47 Å². The molecule has 2 rings (SSSR count). The van der Waals surface area contributed by atoms with Gasteiger partial charge >= 0.3 is 0 Å². The standard InChI is InChI=1S/C17H25NO3/c1-6-12-7-13-8-15(20-4)16(21-5)9-14(13)10-18(11(2)3)17(12)19/h8-9,11-12H,6-7,10H2,1-5H3. The Morgan fingerprint density at radius 1 is 1.19 bits per heavy atom. The minimum absolute atomic E-state index is 0.0479. The minimum atomic E-state index is 0.0479. The first-order valence-corrected chi connectivity index (χ1v) is 7.56. The molecule has 116 valence electrons. The number of fused-ring (bicyclic) bond motifs is 1. The fourth-order valence-corrected chi connectivity index (χ4v) is 2.91. The van der Waals surface area contributed by atoms with Crippen molar-refractivity contribution in [1.29, 1.82) is 0 Å². The van der Waals surface area contributed by atoms with E-state index in [9.17, 15) is 4.79 Å². The highest BCUT2D eigenvalue weighted by atomic mass is 16.5. The van der Waals surface area contributed by atoms with Crippen molar-refractivity contribution in [2.24, 2.45) is 5.92 Å². The lowest BCUT2D eigenvalue weighted by Gasteiger charge is -2.28. The molecule has 0 spiro atoms. The van der Waals surface area contributed by atoms with Gasteiger partial charge in [0.15, 0.2) is 11.5 Å². The molecule has 1 aromatic carbocycles. The van der Waals surface area contributed by atoms with Crippen LogP contribution >= 0.6 is 0 Å². The molecule has 1 amide bonds. The number of amides is 1. The predicted molar refractivity (Wildman–Crippen MR) is 82.7 cm³/mol. The number of carbonyl (C=O) groups excluding carboxylic acids is 1. The lowest BCUT2D eigenvalue weighted by Crippen LogP contribution is -2.39. The number of methoxy groups -OCH3 is 2. The third-order valence-corrected chi connectivity index (χ3v) is 4.26. The van der Waals surface area contributed by atoms with Crippen molar-refractivity contribution < 1.29 is 14.3 Å². The van der Waals surface area contributed by atoms with Gasteiger partial charge in [0.1, 0.15) is 0 Å². The summed E-state index contributed by atoms with van der Waals surface area (Å²) in [6.07, 6.45) is 1.63. The Bertz CT molecular complexity index is 525. The van der Waals surface area contributed by atoms with Crippen LogP contribution in [-0.4, -0.2) is 31.1 Å². The van der Waals surface area contributed by atoms with E-state index in [2.05, 4.69) is 20.8 Å². The van der Waals surface area contributed by atoms with Gasteiger partial charge in [-0.2, -0.15) is 0 Å². The van der Waals surface area contributed by atoms with E-state index in [1.807, 2.05) is 17.0 Å². The van der Waals surface area contributed by atoms with Gasteiger partial charge in [0.25, 0.3) is 0 Å². The molecule has 1 aliphatic heterocycles. The highest BCUT2D eigenvalue weighted by Gasteiger charge is 2.30. The molecule has 0 saturated carbocycles. The highest BCUT2D eigenvalue weighted by Crippen LogP contribution is 2.35. The molecule has 1 heterocycles. The van der Waals surface area contributed by atoms with Crippen LogP contribution in [0.15, 0.2) is 12.1 Å². The fraction of sp³-hybridized carbons (Fsp3) is 0.588. The van der Waals surface area contributed by atoms with Gasteiger partial charge in [-0.25, -0.2) is 0 Å². The SMILES string of the molecule is CCC1Cc2cc(OC)c(OC)cc2CN(C(C)C)C1=O. The van der Waals surface area contributed by atoms with E-state index in [0.717, 1.165) is 29.9 Å². The summed E-state index contributed by atoms with van der Waals surface area (Å²) in [5, 5.41) is 0. The Morgan fingerprint density at radius 2 is 1.76 bits per heavy atom. The van der Waals surface area contributed by atoms with Crippen LogP contribution in [0, 0.1) is 5.92 Å². The highest BCUT2D eigenvalue weighted by molar-refractivity contribution is 5.80. The molecule has 4 heteroatoms. The summed E-state index contributed by atoms with van der Waals surface area (Å²) in [6, 6.07) is 4.23. The lowest BCUT2D eigenvalue weighted by atomic mass is 9.94. The third-order valence-electron chi connectivity index (χ3n) is 4.26. The number of benzene rings is 1. The maximum atomic E-state index is 12.7. The Labute approximate surface area is 127 Å². The topological polar surface area (TPSA) is 38.8 Å². The predicted octanol–water partition coefficient (Wildman–Crippen LogP) is 3.02. The second-order valence-electron chi connectivity index (χ2n) is 5.85. The van der Waals surface area contributed by atoms with Crippen LogP contribution in [0.2, 0.25) is 0 Å². The van der Waals surface area contributed by atoms with E-state index in [-0.39, 0.29) is 17.9 Å². The van der Waals surface area contributed by atoms with Crippen molar-refractivity contribution in [1.82, 2.24) is 4.90 Å².